The van der Waals surface area contributed by atoms with E-state index in [9.17, 15) is 22.8 Å². The Morgan fingerprint density at radius 3 is 2.55 bits per heavy atom. The van der Waals surface area contributed by atoms with E-state index < -0.39 is 23.9 Å². The largest absolute Gasteiger partial charge is 0.417 e. The van der Waals surface area contributed by atoms with Gasteiger partial charge in [-0.25, -0.2) is 9.37 Å². The number of amides is 2. The number of hydrogen-bond donors (Lipinski definition) is 2. The van der Waals surface area contributed by atoms with E-state index >= 15 is 0 Å². The van der Waals surface area contributed by atoms with E-state index in [0.29, 0.717) is 37.7 Å². The third kappa shape index (κ3) is 6.61. The number of hydrogen-bond acceptors (Lipinski definition) is 4. The van der Waals surface area contributed by atoms with Crippen LogP contribution in [0.25, 0.3) is 0 Å². The van der Waals surface area contributed by atoms with Crippen molar-refractivity contribution >= 4 is 35.0 Å². The van der Waals surface area contributed by atoms with Crippen molar-refractivity contribution in [3.63, 3.8) is 0 Å². The third-order valence-electron chi connectivity index (χ3n) is 7.23. The summed E-state index contributed by atoms with van der Waals surface area (Å²) in [5.74, 6) is -1.62. The summed E-state index contributed by atoms with van der Waals surface area (Å²) in [6.07, 6.45) is 8.23. The van der Waals surface area contributed by atoms with E-state index in [1.807, 2.05) is 19.1 Å². The molecule has 11 heteroatoms. The number of carbonyl (C=O) groups is 2. The zero-order chi connectivity index (χ0) is 27.4. The van der Waals surface area contributed by atoms with Crippen molar-refractivity contribution in [1.82, 2.24) is 15.6 Å². The Morgan fingerprint density at radius 2 is 1.89 bits per heavy atom. The third-order valence-corrected chi connectivity index (χ3v) is 8.05. The Labute approximate surface area is 228 Å². The second-order valence-electron chi connectivity index (χ2n) is 10.1. The minimum atomic E-state index is -2.97. The number of ether oxygens (including phenoxy) is 1. The summed E-state index contributed by atoms with van der Waals surface area (Å²) in [4.78, 5) is 29.6. The number of pyridine rings is 1. The Hall–Kier alpha value is -2.78. The summed E-state index contributed by atoms with van der Waals surface area (Å²) >= 11 is 12.6. The zero-order valence-electron chi connectivity index (χ0n) is 20.7. The second-order valence-corrected chi connectivity index (χ2v) is 10.9. The topological polar surface area (TPSA) is 80.3 Å². The van der Waals surface area contributed by atoms with Gasteiger partial charge in [0.25, 0.3) is 0 Å². The van der Waals surface area contributed by atoms with Crippen LogP contribution in [0.15, 0.2) is 42.6 Å². The lowest BCUT2D eigenvalue weighted by Crippen LogP contribution is -2.42. The number of aromatic nitrogens is 1. The van der Waals surface area contributed by atoms with Crippen LogP contribution in [0, 0.1) is 17.2 Å². The molecular formula is C27H28Cl2F3N3O3. The van der Waals surface area contributed by atoms with Gasteiger partial charge in [-0.2, -0.15) is 8.78 Å². The lowest BCUT2D eigenvalue weighted by atomic mass is 9.76. The molecule has 2 amide bonds. The number of benzene rings is 1. The number of carbonyl (C=O) groups excluding carboxylic acids is 2. The normalized spacial score (nSPS) is 20.9. The molecule has 4 rings (SSSR count). The molecule has 1 heterocycles. The molecule has 2 aromatic rings. The molecule has 1 aromatic carbocycles. The van der Waals surface area contributed by atoms with Gasteiger partial charge < -0.3 is 15.4 Å². The summed E-state index contributed by atoms with van der Waals surface area (Å²) in [7, 11) is 0. The van der Waals surface area contributed by atoms with Gasteiger partial charge in [0.15, 0.2) is 0 Å². The van der Waals surface area contributed by atoms with Crippen LogP contribution in [0.2, 0.25) is 10.0 Å². The molecule has 0 aliphatic heterocycles. The van der Waals surface area contributed by atoms with E-state index in [0.717, 1.165) is 0 Å². The van der Waals surface area contributed by atoms with Crippen LogP contribution in [0.1, 0.15) is 56.2 Å². The smallest absolute Gasteiger partial charge is 0.388 e. The lowest BCUT2D eigenvalue weighted by Gasteiger charge is -2.36. The Balaban J connectivity index is 1.37. The molecule has 0 bridgehead atoms. The highest BCUT2D eigenvalue weighted by molar-refractivity contribution is 6.42. The first-order valence-corrected chi connectivity index (χ1v) is 13.1. The van der Waals surface area contributed by atoms with Crippen LogP contribution in [-0.2, 0) is 16.0 Å². The van der Waals surface area contributed by atoms with Gasteiger partial charge >= 0.3 is 6.61 Å². The maximum atomic E-state index is 15.0. The lowest BCUT2D eigenvalue weighted by molar-refractivity contribution is -0.127. The van der Waals surface area contributed by atoms with Gasteiger partial charge in [-0.15, -0.1) is 0 Å². The van der Waals surface area contributed by atoms with Crippen LogP contribution in [0.5, 0.6) is 5.88 Å². The minimum Gasteiger partial charge on any atom is -0.417 e. The zero-order valence-corrected chi connectivity index (χ0v) is 22.2. The molecule has 38 heavy (non-hydrogen) atoms. The second kappa shape index (κ2) is 11.9. The molecule has 1 saturated carbocycles. The average molecular weight is 570 g/mol. The molecule has 2 aliphatic rings. The van der Waals surface area contributed by atoms with Crippen molar-refractivity contribution in [2.75, 3.05) is 0 Å². The van der Waals surface area contributed by atoms with Crippen molar-refractivity contribution < 1.29 is 27.5 Å². The highest BCUT2D eigenvalue weighted by Crippen LogP contribution is 2.48. The van der Waals surface area contributed by atoms with E-state index in [1.54, 1.807) is 0 Å². The summed E-state index contributed by atoms with van der Waals surface area (Å²) < 4.78 is 43.7. The van der Waals surface area contributed by atoms with E-state index in [1.165, 1.54) is 30.5 Å². The fraction of sp³-hybridized carbons (Fsp3) is 0.444. The van der Waals surface area contributed by atoms with E-state index in [-0.39, 0.29) is 51.7 Å². The van der Waals surface area contributed by atoms with Crippen LogP contribution in [-0.4, -0.2) is 29.5 Å². The Morgan fingerprint density at radius 1 is 1.16 bits per heavy atom. The maximum absolute atomic E-state index is 15.0. The fourth-order valence-corrected chi connectivity index (χ4v) is 5.60. The molecule has 0 unspecified atom stereocenters. The van der Waals surface area contributed by atoms with Crippen LogP contribution in [0.4, 0.5) is 13.2 Å². The van der Waals surface area contributed by atoms with Crippen molar-refractivity contribution in [2.24, 2.45) is 11.3 Å². The predicted molar refractivity (Wildman–Crippen MR) is 138 cm³/mol. The summed E-state index contributed by atoms with van der Waals surface area (Å²) in [6, 6.07) is 4.52. The SMILES string of the molecule is CC1([C@H](NC(=O)[C@H]2CC[C@@H](NC(=O)Cc3ccc(OC(F)F)nc3)C2)c2c(F)ccc(Cl)c2Cl)CC=CC1. The van der Waals surface area contributed by atoms with Gasteiger partial charge in [0.05, 0.1) is 22.5 Å². The van der Waals surface area contributed by atoms with Gasteiger partial charge in [-0.1, -0.05) is 48.3 Å². The molecule has 3 atom stereocenters. The number of halogens is 5. The molecule has 204 valence electrons. The highest BCUT2D eigenvalue weighted by Gasteiger charge is 2.41. The number of alkyl halides is 2. The van der Waals surface area contributed by atoms with Crippen molar-refractivity contribution in [3.05, 3.63) is 69.6 Å². The van der Waals surface area contributed by atoms with Crippen molar-refractivity contribution in [2.45, 2.75) is 64.1 Å². The number of nitrogens with zero attached hydrogens (tertiary/aromatic N) is 1. The number of rotatable bonds is 9. The standard InChI is InChI=1S/C27H28Cl2F3N3O3/c1-27(10-2-3-11-27)24(22-19(30)8-7-18(28)23(22)29)35-25(37)16-5-6-17(13-16)34-20(36)12-15-4-9-21(33-14-15)38-26(31)32/h2-4,7-9,14,16-17,24,26H,5-6,10-13H2,1H3,(H,34,36)(H,35,37)/t16-,17+,24+/m0/s1. The molecule has 1 aromatic heterocycles. The summed E-state index contributed by atoms with van der Waals surface area (Å²) in [5, 5.41) is 6.28. The van der Waals surface area contributed by atoms with E-state index in [2.05, 4.69) is 20.4 Å². The summed E-state index contributed by atoms with van der Waals surface area (Å²) in [6.45, 7) is -0.994. The molecule has 2 aliphatic carbocycles. The first-order valence-electron chi connectivity index (χ1n) is 12.3. The average Bonchev–Trinajstić information content (AvgIpc) is 3.52. The van der Waals surface area contributed by atoms with Gasteiger partial charge in [0.1, 0.15) is 5.82 Å². The molecular weight excluding hydrogens is 542 g/mol. The Kier molecular flexibility index (Phi) is 8.88. The highest BCUT2D eigenvalue weighted by atomic mass is 35.5. The number of allylic oxidation sites excluding steroid dienone is 2. The maximum Gasteiger partial charge on any atom is 0.388 e. The van der Waals surface area contributed by atoms with Crippen LogP contribution < -0.4 is 15.4 Å². The van der Waals surface area contributed by atoms with Crippen molar-refractivity contribution in [3.8, 4) is 5.88 Å². The van der Waals surface area contributed by atoms with Crippen LogP contribution in [0.3, 0.4) is 0 Å². The minimum absolute atomic E-state index is 0.00922. The summed E-state index contributed by atoms with van der Waals surface area (Å²) in [5.41, 5.74) is 0.249. The molecule has 1 fully saturated rings. The van der Waals surface area contributed by atoms with Crippen LogP contribution >= 0.6 is 23.2 Å². The molecule has 0 radical (unpaired) electrons. The fourth-order valence-electron chi connectivity index (χ4n) is 5.18. The first-order chi connectivity index (χ1) is 18.1. The number of nitrogens with one attached hydrogen (secondary N) is 2. The molecule has 2 N–H and O–H groups in total. The van der Waals surface area contributed by atoms with Gasteiger partial charge in [0, 0.05) is 29.8 Å². The van der Waals surface area contributed by atoms with E-state index in [4.69, 9.17) is 23.2 Å². The molecule has 0 saturated heterocycles. The molecule has 0 spiro atoms. The van der Waals surface area contributed by atoms with Crippen molar-refractivity contribution in [1.29, 1.82) is 0 Å². The first kappa shape index (κ1) is 28.2. The quantitative estimate of drug-likeness (QED) is 0.279. The van der Waals surface area contributed by atoms with Gasteiger partial charge in [-0.05, 0) is 55.2 Å². The van der Waals surface area contributed by atoms with Gasteiger partial charge in [-0.3, -0.25) is 9.59 Å². The monoisotopic (exact) mass is 569 g/mol. The van der Waals surface area contributed by atoms with Gasteiger partial charge in [0.2, 0.25) is 17.7 Å². The predicted octanol–water partition coefficient (Wildman–Crippen LogP) is 6.17. The molecule has 6 nitrogen and oxygen atoms in total. The Bertz CT molecular complexity index is 1200.